The molecule has 2 aromatic carbocycles. The van der Waals surface area contributed by atoms with Gasteiger partial charge in [0.15, 0.2) is 16.0 Å². The number of carbonyl (C=O) groups is 2. The van der Waals surface area contributed by atoms with Crippen molar-refractivity contribution in [3.05, 3.63) is 70.7 Å². The highest BCUT2D eigenvalue weighted by atomic mass is 35.5. The number of nitrogens with zero attached hydrogens (tertiary/aromatic N) is 2. The quantitative estimate of drug-likeness (QED) is 0.545. The molecule has 0 aliphatic rings. The van der Waals surface area contributed by atoms with Gasteiger partial charge < -0.3 is 5.32 Å². The van der Waals surface area contributed by atoms with Crippen LogP contribution in [-0.4, -0.2) is 44.0 Å². The lowest BCUT2D eigenvalue weighted by atomic mass is 10.2. The van der Waals surface area contributed by atoms with Crippen LogP contribution in [0.5, 0.6) is 0 Å². The summed E-state index contributed by atoms with van der Waals surface area (Å²) in [6, 6.07) is 13.1. The first-order valence-corrected chi connectivity index (χ1v) is 10.4. The van der Waals surface area contributed by atoms with E-state index in [9.17, 15) is 18.0 Å². The smallest absolute Gasteiger partial charge is 0.258 e. The Balaban J connectivity index is 2.24. The number of sulfone groups is 1. The second-order valence-corrected chi connectivity index (χ2v) is 8.55. The highest BCUT2D eigenvalue weighted by Crippen LogP contribution is 2.18. The van der Waals surface area contributed by atoms with Gasteiger partial charge in [-0.2, -0.15) is 5.26 Å². The Morgan fingerprint density at radius 1 is 1.14 bits per heavy atom. The fraction of sp³-hybridized carbons (Fsp3) is 0.211. The molecule has 7 nitrogen and oxygen atoms in total. The minimum Gasteiger partial charge on any atom is -0.339 e. The Bertz CT molecular complexity index is 1000. The van der Waals surface area contributed by atoms with Crippen molar-refractivity contribution in [2.24, 2.45) is 0 Å². The van der Waals surface area contributed by atoms with Gasteiger partial charge in [-0.05, 0) is 23.8 Å². The molecule has 0 heterocycles. The molecule has 0 saturated heterocycles. The normalized spacial score (nSPS) is 11.9. The van der Waals surface area contributed by atoms with Gasteiger partial charge >= 0.3 is 0 Å². The van der Waals surface area contributed by atoms with E-state index in [-0.39, 0.29) is 10.6 Å². The molecule has 0 radical (unpaired) electrons. The number of rotatable bonds is 7. The predicted molar refractivity (Wildman–Crippen MR) is 105 cm³/mol. The topological polar surface area (TPSA) is 107 Å². The van der Waals surface area contributed by atoms with Crippen LogP contribution in [0.2, 0.25) is 5.02 Å². The van der Waals surface area contributed by atoms with Crippen LogP contribution in [0, 0.1) is 11.5 Å². The van der Waals surface area contributed by atoms with Gasteiger partial charge in [-0.3, -0.25) is 14.5 Å². The molecule has 0 fully saturated rings. The summed E-state index contributed by atoms with van der Waals surface area (Å²) in [5.41, 5.74) is 0.654. The summed E-state index contributed by atoms with van der Waals surface area (Å²) in [7, 11) is -2.63. The fourth-order valence-electron chi connectivity index (χ4n) is 2.45. The first kappa shape index (κ1) is 21.4. The monoisotopic (exact) mass is 419 g/mol. The maximum absolute atomic E-state index is 12.6. The summed E-state index contributed by atoms with van der Waals surface area (Å²) in [4.78, 5) is 25.5. The van der Waals surface area contributed by atoms with E-state index in [0.29, 0.717) is 10.5 Å². The number of halogens is 1. The van der Waals surface area contributed by atoms with Crippen molar-refractivity contribution in [1.29, 1.82) is 5.26 Å². The van der Waals surface area contributed by atoms with Crippen LogP contribution < -0.4 is 5.32 Å². The second-order valence-electron chi connectivity index (χ2n) is 6.04. The second kappa shape index (κ2) is 9.35. The molecule has 2 aromatic rings. The molecule has 0 aromatic heterocycles. The maximum atomic E-state index is 12.6. The predicted octanol–water partition coefficient (Wildman–Crippen LogP) is 1.99. The fourth-order valence-corrected chi connectivity index (χ4v) is 4.31. The minimum atomic E-state index is -3.83. The first-order chi connectivity index (χ1) is 13.2. The molecule has 0 aliphatic carbocycles. The SMILES string of the molecule is CN(C#N)C(=O)[C@H](CS(=O)(=O)Cc1ccccc1Cl)NC(=O)c1ccccc1. The molecule has 0 aliphatic heterocycles. The van der Waals surface area contributed by atoms with E-state index in [2.05, 4.69) is 5.32 Å². The van der Waals surface area contributed by atoms with Crippen LogP contribution in [0.4, 0.5) is 0 Å². The molecule has 28 heavy (non-hydrogen) atoms. The van der Waals surface area contributed by atoms with Crippen LogP contribution >= 0.6 is 11.6 Å². The average molecular weight is 420 g/mol. The van der Waals surface area contributed by atoms with Crippen molar-refractivity contribution in [2.45, 2.75) is 11.8 Å². The number of carbonyl (C=O) groups excluding carboxylic acids is 2. The van der Waals surface area contributed by atoms with Crippen LogP contribution in [-0.2, 0) is 20.4 Å². The molecule has 146 valence electrons. The molecular weight excluding hydrogens is 402 g/mol. The van der Waals surface area contributed by atoms with Crippen molar-refractivity contribution in [2.75, 3.05) is 12.8 Å². The first-order valence-electron chi connectivity index (χ1n) is 8.20. The van der Waals surface area contributed by atoms with E-state index in [1.807, 2.05) is 0 Å². The summed E-state index contributed by atoms with van der Waals surface area (Å²) in [5.74, 6) is -2.50. The number of benzene rings is 2. The van der Waals surface area contributed by atoms with Crippen molar-refractivity contribution >= 4 is 33.3 Å². The Hall–Kier alpha value is -2.89. The average Bonchev–Trinajstić information content (AvgIpc) is 2.68. The molecule has 1 atom stereocenters. The molecular formula is C19H18ClN3O4S. The lowest BCUT2D eigenvalue weighted by Crippen LogP contribution is -2.50. The number of nitrogens with one attached hydrogen (secondary N) is 1. The van der Waals surface area contributed by atoms with Crippen LogP contribution in [0.25, 0.3) is 0 Å². The van der Waals surface area contributed by atoms with Gasteiger partial charge in [0.25, 0.3) is 11.8 Å². The summed E-state index contributed by atoms with van der Waals surface area (Å²) in [6.45, 7) is 0. The lowest BCUT2D eigenvalue weighted by molar-refractivity contribution is -0.128. The Morgan fingerprint density at radius 2 is 1.75 bits per heavy atom. The van der Waals surface area contributed by atoms with Crippen LogP contribution in [0.15, 0.2) is 54.6 Å². The molecule has 1 N–H and O–H groups in total. The summed E-state index contributed by atoms with van der Waals surface area (Å²) >= 11 is 6.01. The van der Waals surface area contributed by atoms with Crippen molar-refractivity contribution in [3.63, 3.8) is 0 Å². The molecule has 2 amide bonds. The standard InChI is InChI=1S/C19H18ClN3O4S/c1-23(13-21)19(25)17(22-18(24)14-7-3-2-4-8-14)12-28(26,27)11-15-9-5-6-10-16(15)20/h2-10,17H,11-12H2,1H3,(H,22,24)/t17-/m0/s1. The van der Waals surface area contributed by atoms with Crippen molar-refractivity contribution < 1.29 is 18.0 Å². The van der Waals surface area contributed by atoms with Crippen molar-refractivity contribution in [1.82, 2.24) is 10.2 Å². The van der Waals surface area contributed by atoms with Gasteiger partial charge in [-0.25, -0.2) is 8.42 Å². The maximum Gasteiger partial charge on any atom is 0.258 e. The zero-order valence-corrected chi connectivity index (χ0v) is 16.6. The summed E-state index contributed by atoms with van der Waals surface area (Å²) in [5, 5.41) is 11.7. The van der Waals surface area contributed by atoms with E-state index in [0.717, 1.165) is 0 Å². The van der Waals surface area contributed by atoms with E-state index < -0.39 is 39.2 Å². The third kappa shape index (κ3) is 5.81. The Labute approximate surface area is 168 Å². The number of hydrogen-bond donors (Lipinski definition) is 1. The number of amides is 2. The Kier molecular flexibility index (Phi) is 7.15. The van der Waals surface area contributed by atoms with Gasteiger partial charge in [0.1, 0.15) is 6.04 Å². The van der Waals surface area contributed by atoms with Gasteiger partial charge in [0.2, 0.25) is 0 Å². The largest absolute Gasteiger partial charge is 0.339 e. The van der Waals surface area contributed by atoms with E-state index >= 15 is 0 Å². The van der Waals surface area contributed by atoms with Crippen LogP contribution in [0.1, 0.15) is 15.9 Å². The third-order valence-electron chi connectivity index (χ3n) is 3.87. The number of hydrogen-bond acceptors (Lipinski definition) is 5. The molecule has 0 bridgehead atoms. The molecule has 0 saturated carbocycles. The molecule has 9 heteroatoms. The minimum absolute atomic E-state index is 0.267. The van der Waals surface area contributed by atoms with E-state index in [1.54, 1.807) is 48.7 Å². The van der Waals surface area contributed by atoms with E-state index in [4.69, 9.17) is 16.9 Å². The zero-order chi connectivity index (χ0) is 20.7. The number of nitriles is 1. The van der Waals surface area contributed by atoms with Crippen molar-refractivity contribution in [3.8, 4) is 6.19 Å². The highest BCUT2D eigenvalue weighted by molar-refractivity contribution is 7.90. The lowest BCUT2D eigenvalue weighted by Gasteiger charge is -2.20. The summed E-state index contributed by atoms with van der Waals surface area (Å²) < 4.78 is 25.3. The zero-order valence-electron chi connectivity index (χ0n) is 15.0. The van der Waals surface area contributed by atoms with Gasteiger partial charge in [0, 0.05) is 17.6 Å². The molecule has 0 spiro atoms. The van der Waals surface area contributed by atoms with Gasteiger partial charge in [-0.1, -0.05) is 48.0 Å². The van der Waals surface area contributed by atoms with Gasteiger partial charge in [0.05, 0.1) is 11.5 Å². The third-order valence-corrected chi connectivity index (χ3v) is 5.83. The molecule has 0 unspecified atom stereocenters. The summed E-state index contributed by atoms with van der Waals surface area (Å²) in [6.07, 6.45) is 1.62. The Morgan fingerprint density at radius 3 is 2.36 bits per heavy atom. The van der Waals surface area contributed by atoms with Crippen LogP contribution in [0.3, 0.4) is 0 Å². The number of likely N-dealkylation sites (N-methyl/N-ethyl adjacent to an activating group) is 1. The highest BCUT2D eigenvalue weighted by Gasteiger charge is 2.30. The molecule has 2 rings (SSSR count). The van der Waals surface area contributed by atoms with Gasteiger partial charge in [-0.15, -0.1) is 0 Å². The van der Waals surface area contributed by atoms with E-state index in [1.165, 1.54) is 19.2 Å².